The summed E-state index contributed by atoms with van der Waals surface area (Å²) in [6.45, 7) is 1.50. The zero-order chi connectivity index (χ0) is 13.9. The average molecular weight is 288 g/mol. The number of rotatable bonds is 2. The molecule has 1 fully saturated rings. The lowest BCUT2D eigenvalue weighted by atomic mass is 9.95. The fourth-order valence-electron chi connectivity index (χ4n) is 2.56. The third-order valence-electron chi connectivity index (χ3n) is 3.58. The lowest BCUT2D eigenvalue weighted by Gasteiger charge is -2.32. The largest absolute Gasteiger partial charge is 0.375 e. The number of thiazole rings is 1. The molecule has 1 aliphatic rings. The Morgan fingerprint density at radius 2 is 2.40 bits per heavy atom. The maximum atomic E-state index is 12.4. The van der Waals surface area contributed by atoms with Crippen LogP contribution < -0.4 is 5.73 Å². The van der Waals surface area contributed by atoms with Crippen molar-refractivity contribution < 1.29 is 4.79 Å². The first-order chi connectivity index (χ1) is 9.74. The fraction of sp³-hybridized carbons (Fsp3) is 0.357. The molecule has 0 saturated carbocycles. The lowest BCUT2D eigenvalue weighted by Crippen LogP contribution is -2.39. The first-order valence-corrected chi connectivity index (χ1v) is 7.52. The Hall–Kier alpha value is -1.95. The number of hydrogen-bond acceptors (Lipinski definition) is 5. The van der Waals surface area contributed by atoms with Gasteiger partial charge in [-0.15, -0.1) is 11.3 Å². The van der Waals surface area contributed by atoms with Crippen molar-refractivity contribution in [2.45, 2.75) is 18.8 Å². The van der Waals surface area contributed by atoms with E-state index in [0.717, 1.165) is 25.1 Å². The van der Waals surface area contributed by atoms with Gasteiger partial charge in [0.15, 0.2) is 5.13 Å². The SMILES string of the molecule is Nc1nc([C@@H]2CCCN(C(=O)c3cccnc3)C2)cs1. The van der Waals surface area contributed by atoms with Crippen molar-refractivity contribution in [2.24, 2.45) is 0 Å². The first kappa shape index (κ1) is 13.1. The van der Waals surface area contributed by atoms with Crippen LogP contribution in [0.1, 0.15) is 34.8 Å². The molecule has 1 atom stereocenters. The monoisotopic (exact) mass is 288 g/mol. The molecule has 1 saturated heterocycles. The van der Waals surface area contributed by atoms with Crippen molar-refractivity contribution in [3.8, 4) is 0 Å². The van der Waals surface area contributed by atoms with Crippen LogP contribution in [0.15, 0.2) is 29.9 Å². The van der Waals surface area contributed by atoms with Gasteiger partial charge in [-0.05, 0) is 25.0 Å². The predicted octanol–water partition coefficient (Wildman–Crippen LogP) is 2.14. The summed E-state index contributed by atoms with van der Waals surface area (Å²) in [6, 6.07) is 3.59. The number of likely N-dealkylation sites (tertiary alicyclic amines) is 1. The zero-order valence-corrected chi connectivity index (χ0v) is 11.8. The number of aromatic nitrogens is 2. The van der Waals surface area contributed by atoms with Gasteiger partial charge in [0.2, 0.25) is 0 Å². The molecule has 1 amide bonds. The Labute approximate surface area is 121 Å². The number of pyridine rings is 1. The van der Waals surface area contributed by atoms with Gasteiger partial charge in [0, 0.05) is 36.8 Å². The number of nitrogens with two attached hydrogens (primary N) is 1. The maximum absolute atomic E-state index is 12.4. The number of piperidine rings is 1. The Morgan fingerprint density at radius 3 is 3.10 bits per heavy atom. The normalized spacial score (nSPS) is 19.0. The quantitative estimate of drug-likeness (QED) is 0.919. The first-order valence-electron chi connectivity index (χ1n) is 6.64. The van der Waals surface area contributed by atoms with E-state index in [1.165, 1.54) is 11.3 Å². The summed E-state index contributed by atoms with van der Waals surface area (Å²) in [5.74, 6) is 0.337. The van der Waals surface area contributed by atoms with Crippen LogP contribution in [0, 0.1) is 0 Å². The van der Waals surface area contributed by atoms with E-state index >= 15 is 0 Å². The molecule has 3 rings (SSSR count). The highest BCUT2D eigenvalue weighted by atomic mass is 32.1. The summed E-state index contributed by atoms with van der Waals surface area (Å²) in [5, 5.41) is 2.59. The van der Waals surface area contributed by atoms with Gasteiger partial charge in [0.25, 0.3) is 5.91 Å². The smallest absolute Gasteiger partial charge is 0.255 e. The summed E-state index contributed by atoms with van der Waals surface area (Å²) in [7, 11) is 0. The summed E-state index contributed by atoms with van der Waals surface area (Å²) >= 11 is 1.46. The van der Waals surface area contributed by atoms with E-state index in [9.17, 15) is 4.79 Å². The van der Waals surface area contributed by atoms with E-state index in [1.807, 2.05) is 10.3 Å². The second kappa shape index (κ2) is 5.58. The standard InChI is InChI=1S/C14H16N4OS/c15-14-17-12(9-20-14)11-4-2-6-18(8-11)13(19)10-3-1-5-16-7-10/h1,3,5,7,9,11H,2,4,6,8H2,(H2,15,17)/t11-/m1/s1. The molecule has 0 radical (unpaired) electrons. The molecule has 0 unspecified atom stereocenters. The van der Waals surface area contributed by atoms with Crippen molar-refractivity contribution in [3.05, 3.63) is 41.2 Å². The van der Waals surface area contributed by atoms with Crippen molar-refractivity contribution in [3.63, 3.8) is 0 Å². The molecule has 0 aromatic carbocycles. The zero-order valence-electron chi connectivity index (χ0n) is 11.0. The Morgan fingerprint density at radius 1 is 1.50 bits per heavy atom. The molecule has 6 heteroatoms. The number of nitrogen functional groups attached to an aromatic ring is 1. The van der Waals surface area contributed by atoms with Crippen molar-refractivity contribution in [1.82, 2.24) is 14.9 Å². The third-order valence-corrected chi connectivity index (χ3v) is 4.27. The van der Waals surface area contributed by atoms with Crippen LogP contribution in [-0.4, -0.2) is 33.9 Å². The van der Waals surface area contributed by atoms with Gasteiger partial charge in [0.05, 0.1) is 11.3 Å². The fourth-order valence-corrected chi connectivity index (χ4v) is 3.21. The van der Waals surface area contributed by atoms with Crippen LogP contribution in [0.25, 0.3) is 0 Å². The van der Waals surface area contributed by atoms with Gasteiger partial charge in [-0.1, -0.05) is 0 Å². The molecule has 0 aliphatic carbocycles. The molecule has 2 aromatic heterocycles. The Balaban J connectivity index is 1.74. The second-order valence-corrected chi connectivity index (χ2v) is 5.83. The van der Waals surface area contributed by atoms with Gasteiger partial charge >= 0.3 is 0 Å². The number of nitrogens with zero attached hydrogens (tertiary/aromatic N) is 3. The van der Waals surface area contributed by atoms with E-state index in [1.54, 1.807) is 24.5 Å². The molecule has 5 nitrogen and oxygen atoms in total. The number of carbonyl (C=O) groups excluding carboxylic acids is 1. The van der Waals surface area contributed by atoms with Crippen LogP contribution >= 0.6 is 11.3 Å². The van der Waals surface area contributed by atoms with Gasteiger partial charge in [0.1, 0.15) is 0 Å². The van der Waals surface area contributed by atoms with E-state index in [4.69, 9.17) is 5.73 Å². The highest BCUT2D eigenvalue weighted by molar-refractivity contribution is 7.13. The number of hydrogen-bond donors (Lipinski definition) is 1. The van der Waals surface area contributed by atoms with Crippen LogP contribution in [0.4, 0.5) is 5.13 Å². The average Bonchev–Trinajstić information content (AvgIpc) is 2.94. The maximum Gasteiger partial charge on any atom is 0.255 e. The van der Waals surface area contributed by atoms with Crippen LogP contribution in [0.2, 0.25) is 0 Å². The van der Waals surface area contributed by atoms with Crippen molar-refractivity contribution in [2.75, 3.05) is 18.8 Å². The molecule has 0 spiro atoms. The summed E-state index contributed by atoms with van der Waals surface area (Å²) in [4.78, 5) is 22.7. The van der Waals surface area contributed by atoms with Crippen LogP contribution in [0.3, 0.4) is 0 Å². The summed E-state index contributed by atoms with van der Waals surface area (Å²) < 4.78 is 0. The molecule has 2 aromatic rings. The Kier molecular flexibility index (Phi) is 3.64. The third kappa shape index (κ3) is 2.65. The van der Waals surface area contributed by atoms with E-state index in [-0.39, 0.29) is 11.8 Å². The molecular formula is C14H16N4OS. The van der Waals surface area contributed by atoms with Crippen LogP contribution in [-0.2, 0) is 0 Å². The van der Waals surface area contributed by atoms with E-state index in [0.29, 0.717) is 17.2 Å². The van der Waals surface area contributed by atoms with Gasteiger partial charge < -0.3 is 10.6 Å². The summed E-state index contributed by atoms with van der Waals surface area (Å²) in [6.07, 6.45) is 5.34. The van der Waals surface area contributed by atoms with E-state index < -0.39 is 0 Å². The number of carbonyl (C=O) groups is 1. The number of amides is 1. The van der Waals surface area contributed by atoms with Crippen LogP contribution in [0.5, 0.6) is 0 Å². The summed E-state index contributed by atoms with van der Waals surface area (Å²) in [5.41, 5.74) is 7.34. The second-order valence-electron chi connectivity index (χ2n) is 4.94. The number of anilines is 1. The molecule has 0 bridgehead atoms. The highest BCUT2D eigenvalue weighted by Crippen LogP contribution is 2.29. The molecule has 1 aliphatic heterocycles. The Bertz CT molecular complexity index is 598. The van der Waals surface area contributed by atoms with Gasteiger partial charge in [-0.3, -0.25) is 9.78 Å². The highest BCUT2D eigenvalue weighted by Gasteiger charge is 2.26. The molecule has 2 N–H and O–H groups in total. The molecular weight excluding hydrogens is 272 g/mol. The minimum Gasteiger partial charge on any atom is -0.375 e. The van der Waals surface area contributed by atoms with Gasteiger partial charge in [-0.25, -0.2) is 4.98 Å². The van der Waals surface area contributed by atoms with Crippen molar-refractivity contribution >= 4 is 22.4 Å². The van der Waals surface area contributed by atoms with Crippen molar-refractivity contribution in [1.29, 1.82) is 0 Å². The molecule has 20 heavy (non-hydrogen) atoms. The lowest BCUT2D eigenvalue weighted by molar-refractivity contribution is 0.0705. The predicted molar refractivity (Wildman–Crippen MR) is 78.6 cm³/mol. The molecule has 104 valence electrons. The van der Waals surface area contributed by atoms with E-state index in [2.05, 4.69) is 9.97 Å². The molecule has 3 heterocycles. The topological polar surface area (TPSA) is 72.1 Å². The van der Waals surface area contributed by atoms with Gasteiger partial charge in [-0.2, -0.15) is 0 Å². The minimum atomic E-state index is 0.0472. The minimum absolute atomic E-state index is 0.0472.